The van der Waals surface area contributed by atoms with Gasteiger partial charge in [-0.25, -0.2) is 9.97 Å². The van der Waals surface area contributed by atoms with Crippen molar-refractivity contribution in [1.82, 2.24) is 19.8 Å². The molecule has 0 amide bonds. The molecule has 0 aliphatic carbocycles. The van der Waals surface area contributed by atoms with Crippen molar-refractivity contribution in [1.29, 1.82) is 0 Å². The van der Waals surface area contributed by atoms with Crippen molar-refractivity contribution < 1.29 is 0 Å². The van der Waals surface area contributed by atoms with Gasteiger partial charge in [0.05, 0.1) is 5.39 Å². The molecule has 0 saturated carbocycles. The van der Waals surface area contributed by atoms with Gasteiger partial charge in [0.1, 0.15) is 17.0 Å². The van der Waals surface area contributed by atoms with Gasteiger partial charge in [-0.1, -0.05) is 30.3 Å². The summed E-state index contributed by atoms with van der Waals surface area (Å²) < 4.78 is 0. The quantitative estimate of drug-likeness (QED) is 0.639. The van der Waals surface area contributed by atoms with Gasteiger partial charge in [0, 0.05) is 49.2 Å². The van der Waals surface area contributed by atoms with Crippen molar-refractivity contribution >= 4 is 27.4 Å². The molecule has 3 fully saturated rings. The molecule has 6 heteroatoms. The zero-order valence-electron chi connectivity index (χ0n) is 17.6. The van der Waals surface area contributed by atoms with Gasteiger partial charge in [0.2, 0.25) is 0 Å². The molecule has 2 atom stereocenters. The Balaban J connectivity index is 1.19. The molecule has 5 heterocycles. The molecule has 30 heavy (non-hydrogen) atoms. The number of piperazine rings is 1. The number of hydrogen-bond donors (Lipinski definition) is 0. The first-order valence-electron chi connectivity index (χ1n) is 11.3. The Kier molecular flexibility index (Phi) is 4.74. The molecule has 1 aromatic carbocycles. The van der Waals surface area contributed by atoms with Gasteiger partial charge in [0.15, 0.2) is 0 Å². The number of hydrogen-bond acceptors (Lipinski definition) is 6. The standard InChI is InChI=1S/C24H29N5S/c1-27-18-7-8-19(27)14-20(13-18)28-9-11-29(12-10-28)23-21-15-22(17-5-3-2-4-6-17)30-24(21)26-16-25-23/h2-6,15-16,18-20H,7-14H2,1H3. The number of aromatic nitrogens is 2. The van der Waals surface area contributed by atoms with E-state index < -0.39 is 0 Å². The Morgan fingerprint density at radius 3 is 2.37 bits per heavy atom. The van der Waals surface area contributed by atoms with Gasteiger partial charge in [-0.3, -0.25) is 4.90 Å². The van der Waals surface area contributed by atoms with Gasteiger partial charge in [-0.05, 0) is 44.4 Å². The summed E-state index contributed by atoms with van der Waals surface area (Å²) in [5.74, 6) is 1.11. The maximum absolute atomic E-state index is 4.72. The van der Waals surface area contributed by atoms with Crippen LogP contribution in [-0.4, -0.2) is 71.1 Å². The minimum absolute atomic E-state index is 0.775. The van der Waals surface area contributed by atoms with E-state index in [1.165, 1.54) is 41.5 Å². The highest BCUT2D eigenvalue weighted by molar-refractivity contribution is 7.21. The van der Waals surface area contributed by atoms with Gasteiger partial charge in [0.25, 0.3) is 0 Å². The second-order valence-corrected chi connectivity index (χ2v) is 10.1. The molecule has 2 aromatic heterocycles. The van der Waals surface area contributed by atoms with Crippen LogP contribution < -0.4 is 4.90 Å². The maximum atomic E-state index is 4.72. The maximum Gasteiger partial charge on any atom is 0.140 e. The second kappa shape index (κ2) is 7.59. The summed E-state index contributed by atoms with van der Waals surface area (Å²) in [6.45, 7) is 4.42. The third-order valence-corrected chi connectivity index (χ3v) is 8.66. The Hall–Kier alpha value is -2.02. The van der Waals surface area contributed by atoms with Crippen molar-refractivity contribution in [2.24, 2.45) is 0 Å². The molecule has 5 nitrogen and oxygen atoms in total. The lowest BCUT2D eigenvalue weighted by Gasteiger charge is -2.45. The summed E-state index contributed by atoms with van der Waals surface area (Å²) >= 11 is 1.77. The fraction of sp³-hybridized carbons (Fsp3) is 0.500. The molecule has 3 aliphatic rings. The van der Waals surface area contributed by atoms with Crippen LogP contribution in [-0.2, 0) is 0 Å². The average Bonchev–Trinajstić information content (AvgIpc) is 3.30. The molecule has 0 N–H and O–H groups in total. The molecule has 0 radical (unpaired) electrons. The van der Waals surface area contributed by atoms with E-state index in [1.807, 2.05) is 0 Å². The molecule has 3 aromatic rings. The van der Waals surface area contributed by atoms with E-state index in [-0.39, 0.29) is 0 Å². The van der Waals surface area contributed by atoms with E-state index in [2.05, 4.69) is 63.1 Å². The largest absolute Gasteiger partial charge is 0.353 e. The summed E-state index contributed by atoms with van der Waals surface area (Å²) in [6.07, 6.45) is 7.26. The zero-order valence-corrected chi connectivity index (χ0v) is 18.4. The van der Waals surface area contributed by atoms with Gasteiger partial charge in [-0.2, -0.15) is 0 Å². The second-order valence-electron chi connectivity index (χ2n) is 9.09. The molecule has 156 valence electrons. The Labute approximate surface area is 182 Å². The number of rotatable bonds is 3. The minimum atomic E-state index is 0.775. The molecule has 6 rings (SSSR count). The third-order valence-electron chi connectivity index (χ3n) is 7.57. The molecule has 2 unspecified atom stereocenters. The van der Waals surface area contributed by atoms with Crippen molar-refractivity contribution in [2.75, 3.05) is 38.1 Å². The van der Waals surface area contributed by atoms with Crippen molar-refractivity contribution in [2.45, 2.75) is 43.8 Å². The lowest BCUT2D eigenvalue weighted by atomic mass is 9.96. The first-order chi connectivity index (χ1) is 14.8. The van der Waals surface area contributed by atoms with Crippen LogP contribution in [0.2, 0.25) is 0 Å². The first kappa shape index (κ1) is 18.7. The van der Waals surface area contributed by atoms with E-state index >= 15 is 0 Å². The smallest absolute Gasteiger partial charge is 0.140 e. The summed E-state index contributed by atoms with van der Waals surface area (Å²) in [5, 5.41) is 1.20. The summed E-state index contributed by atoms with van der Waals surface area (Å²) in [5.41, 5.74) is 1.26. The van der Waals surface area contributed by atoms with Gasteiger partial charge >= 0.3 is 0 Å². The van der Waals surface area contributed by atoms with Crippen molar-refractivity contribution in [3.8, 4) is 10.4 Å². The Bertz CT molecular complexity index is 1010. The number of piperidine rings is 1. The van der Waals surface area contributed by atoms with Crippen LogP contribution in [0.5, 0.6) is 0 Å². The number of benzene rings is 1. The molecule has 3 aliphatic heterocycles. The zero-order chi connectivity index (χ0) is 20.1. The molecule has 3 saturated heterocycles. The van der Waals surface area contributed by atoms with Crippen LogP contribution in [0.25, 0.3) is 20.7 Å². The molecule has 2 bridgehead atoms. The van der Waals surface area contributed by atoms with E-state index in [9.17, 15) is 0 Å². The number of anilines is 1. The van der Waals surface area contributed by atoms with Crippen molar-refractivity contribution in [3.05, 3.63) is 42.7 Å². The summed E-state index contributed by atoms with van der Waals surface area (Å²) in [6, 6.07) is 15.3. The predicted molar refractivity (Wildman–Crippen MR) is 124 cm³/mol. The van der Waals surface area contributed by atoms with Crippen LogP contribution in [0.3, 0.4) is 0 Å². The van der Waals surface area contributed by atoms with E-state index in [0.717, 1.165) is 55.0 Å². The fourth-order valence-electron chi connectivity index (χ4n) is 5.82. The first-order valence-corrected chi connectivity index (χ1v) is 12.1. The Morgan fingerprint density at radius 1 is 0.900 bits per heavy atom. The minimum Gasteiger partial charge on any atom is -0.353 e. The highest BCUT2D eigenvalue weighted by atomic mass is 32.1. The van der Waals surface area contributed by atoms with E-state index in [4.69, 9.17) is 4.98 Å². The van der Waals surface area contributed by atoms with Gasteiger partial charge < -0.3 is 9.80 Å². The van der Waals surface area contributed by atoms with Crippen LogP contribution >= 0.6 is 11.3 Å². The number of nitrogens with zero attached hydrogens (tertiary/aromatic N) is 5. The van der Waals surface area contributed by atoms with Crippen LogP contribution in [0.4, 0.5) is 5.82 Å². The van der Waals surface area contributed by atoms with Crippen LogP contribution in [0, 0.1) is 0 Å². The summed E-state index contributed by atoms with van der Waals surface area (Å²) in [7, 11) is 2.33. The lowest BCUT2D eigenvalue weighted by molar-refractivity contribution is 0.0719. The van der Waals surface area contributed by atoms with Crippen LogP contribution in [0.1, 0.15) is 25.7 Å². The topological polar surface area (TPSA) is 35.5 Å². The highest BCUT2D eigenvalue weighted by Crippen LogP contribution is 2.38. The SMILES string of the molecule is CN1C2CCC1CC(N1CCN(c3ncnc4sc(-c5ccccc5)cc34)CC1)C2. The normalized spacial score (nSPS) is 27.8. The van der Waals surface area contributed by atoms with E-state index in [1.54, 1.807) is 17.7 Å². The van der Waals surface area contributed by atoms with E-state index in [0.29, 0.717) is 0 Å². The highest BCUT2D eigenvalue weighted by Gasteiger charge is 2.40. The Morgan fingerprint density at radius 2 is 1.63 bits per heavy atom. The van der Waals surface area contributed by atoms with Gasteiger partial charge in [-0.15, -0.1) is 11.3 Å². The van der Waals surface area contributed by atoms with Crippen LogP contribution in [0.15, 0.2) is 42.7 Å². The number of thiophene rings is 1. The monoisotopic (exact) mass is 419 g/mol. The molecular weight excluding hydrogens is 390 g/mol. The predicted octanol–water partition coefficient (Wildman–Crippen LogP) is 4.11. The summed E-state index contributed by atoms with van der Waals surface area (Å²) in [4.78, 5) is 19.5. The lowest BCUT2D eigenvalue weighted by Crippen LogP contribution is -2.55. The van der Waals surface area contributed by atoms with Crippen molar-refractivity contribution in [3.63, 3.8) is 0 Å². The third kappa shape index (κ3) is 3.22. The fourth-order valence-corrected chi connectivity index (χ4v) is 6.82. The molecular formula is C24H29N5S. The number of fused-ring (bicyclic) bond motifs is 3. The average molecular weight is 420 g/mol. The molecule has 0 spiro atoms.